The fourth-order valence-corrected chi connectivity index (χ4v) is 8.16. The summed E-state index contributed by atoms with van der Waals surface area (Å²) in [4.78, 5) is 19.4. The van der Waals surface area contributed by atoms with Crippen molar-refractivity contribution in [2.45, 2.75) is 32.4 Å². The van der Waals surface area contributed by atoms with Crippen LogP contribution in [0.15, 0.2) is 58.3 Å². The van der Waals surface area contributed by atoms with Gasteiger partial charge in [-0.05, 0) is 30.2 Å². The third-order valence-corrected chi connectivity index (χ3v) is 9.02. The third kappa shape index (κ3) is 2.03. The van der Waals surface area contributed by atoms with Gasteiger partial charge < -0.3 is 9.64 Å². The number of ether oxygens (including phenoxy) is 1. The van der Waals surface area contributed by atoms with Crippen molar-refractivity contribution in [3.63, 3.8) is 0 Å². The van der Waals surface area contributed by atoms with Crippen LogP contribution in [0.5, 0.6) is 0 Å². The topological polar surface area (TPSA) is 32.8 Å². The molecule has 0 bridgehead atoms. The molecule has 6 heteroatoms. The lowest BCUT2D eigenvalue weighted by Crippen LogP contribution is -2.53. The van der Waals surface area contributed by atoms with Crippen LogP contribution in [0.4, 0.5) is 10.5 Å². The summed E-state index contributed by atoms with van der Waals surface area (Å²) in [5.41, 5.74) is 2.48. The van der Waals surface area contributed by atoms with E-state index in [0.29, 0.717) is 4.58 Å². The monoisotopic (exact) mass is 384 g/mol. The Morgan fingerprint density at radius 2 is 1.77 bits per heavy atom. The molecule has 3 heterocycles. The summed E-state index contributed by atoms with van der Waals surface area (Å²) in [7, 11) is 3.57. The zero-order valence-electron chi connectivity index (χ0n) is 14.7. The summed E-state index contributed by atoms with van der Waals surface area (Å²) in [6.45, 7) is 0.726. The van der Waals surface area contributed by atoms with E-state index in [2.05, 4.69) is 60.5 Å². The number of rotatable bonds is 1. The smallest absolute Gasteiger partial charge is 0.411 e. The van der Waals surface area contributed by atoms with E-state index >= 15 is 0 Å². The van der Waals surface area contributed by atoms with E-state index in [1.165, 1.54) is 28.2 Å². The lowest BCUT2D eigenvalue weighted by molar-refractivity contribution is 0.114. The summed E-state index contributed by atoms with van der Waals surface area (Å²) in [6.07, 6.45) is 0.709. The Balaban J connectivity index is 1.64. The molecule has 134 valence electrons. The van der Waals surface area contributed by atoms with Crippen molar-refractivity contribution in [2.24, 2.45) is 0 Å². The molecule has 4 nitrogen and oxygen atoms in total. The van der Waals surface area contributed by atoms with Crippen molar-refractivity contribution in [2.75, 3.05) is 25.6 Å². The SMILES string of the molecule is COC(=O)N1CC[C@]2(C3Sc4ccccc4S3)c3ccccc3N(C)[C@H]12. The van der Waals surface area contributed by atoms with Crippen LogP contribution in [0.25, 0.3) is 0 Å². The van der Waals surface area contributed by atoms with Crippen LogP contribution in [0.3, 0.4) is 0 Å². The van der Waals surface area contributed by atoms with Gasteiger partial charge in [-0.1, -0.05) is 30.3 Å². The van der Waals surface area contributed by atoms with Gasteiger partial charge in [0.25, 0.3) is 0 Å². The largest absolute Gasteiger partial charge is 0.453 e. The number of para-hydroxylation sites is 1. The molecule has 3 aliphatic heterocycles. The van der Waals surface area contributed by atoms with Gasteiger partial charge >= 0.3 is 6.09 Å². The van der Waals surface area contributed by atoms with Gasteiger partial charge in [0.1, 0.15) is 6.17 Å². The van der Waals surface area contributed by atoms with Crippen LogP contribution in [0.1, 0.15) is 12.0 Å². The van der Waals surface area contributed by atoms with E-state index in [4.69, 9.17) is 4.74 Å². The van der Waals surface area contributed by atoms with Crippen LogP contribution in [0, 0.1) is 0 Å². The number of thioether (sulfide) groups is 2. The zero-order chi connectivity index (χ0) is 17.9. The lowest BCUT2D eigenvalue weighted by Gasteiger charge is -2.38. The number of amides is 1. The molecule has 26 heavy (non-hydrogen) atoms. The van der Waals surface area contributed by atoms with Crippen molar-refractivity contribution in [1.82, 2.24) is 4.90 Å². The van der Waals surface area contributed by atoms with Gasteiger partial charge in [-0.3, -0.25) is 4.90 Å². The normalized spacial score (nSPS) is 26.6. The molecule has 3 aliphatic rings. The second-order valence-electron chi connectivity index (χ2n) is 6.97. The van der Waals surface area contributed by atoms with Crippen LogP contribution >= 0.6 is 23.5 Å². The van der Waals surface area contributed by atoms with E-state index in [1.807, 2.05) is 28.4 Å². The highest BCUT2D eigenvalue weighted by molar-refractivity contribution is 8.19. The van der Waals surface area contributed by atoms with Crippen molar-refractivity contribution in [3.05, 3.63) is 54.1 Å². The number of nitrogens with zero attached hydrogens (tertiary/aromatic N) is 2. The predicted molar refractivity (Wildman–Crippen MR) is 106 cm³/mol. The maximum Gasteiger partial charge on any atom is 0.411 e. The van der Waals surface area contributed by atoms with Crippen LogP contribution in [-0.2, 0) is 10.2 Å². The summed E-state index contributed by atoms with van der Waals surface area (Å²) < 4.78 is 5.44. The number of likely N-dealkylation sites (N-methyl/N-ethyl adjacent to an activating group) is 1. The van der Waals surface area contributed by atoms with Gasteiger partial charge in [0, 0.05) is 29.1 Å². The summed E-state index contributed by atoms with van der Waals surface area (Å²) in [6, 6.07) is 17.2. The molecule has 1 saturated heterocycles. The van der Waals surface area contributed by atoms with E-state index in [-0.39, 0.29) is 17.7 Å². The molecule has 1 amide bonds. The summed E-state index contributed by atoms with van der Waals surface area (Å²) in [5, 5.41) is 0. The van der Waals surface area contributed by atoms with Crippen LogP contribution in [-0.4, -0.2) is 42.4 Å². The highest BCUT2D eigenvalue weighted by Gasteiger charge is 2.62. The molecule has 1 fully saturated rings. The van der Waals surface area contributed by atoms with Gasteiger partial charge in [0.15, 0.2) is 0 Å². The second-order valence-corrected chi connectivity index (χ2v) is 9.56. The van der Waals surface area contributed by atoms with Crippen molar-refractivity contribution < 1.29 is 9.53 Å². The maximum atomic E-state index is 12.5. The molecular weight excluding hydrogens is 364 g/mol. The number of likely N-dealkylation sites (tertiary alicyclic amines) is 1. The molecule has 0 N–H and O–H groups in total. The standard InChI is InChI=1S/C20H20N2O2S2/c1-21-14-8-4-3-7-13(14)20(11-12-22(17(20)21)19(23)24-2)18-25-15-9-5-6-10-16(15)26-18/h3-10,17-18H,11-12H2,1-2H3/t17-,20+/m1/s1. The molecule has 0 aliphatic carbocycles. The molecule has 2 aromatic rings. The minimum absolute atomic E-state index is 0.00772. The van der Waals surface area contributed by atoms with Gasteiger partial charge in [-0.25, -0.2) is 4.79 Å². The number of methoxy groups -OCH3 is 1. The van der Waals surface area contributed by atoms with Crippen LogP contribution < -0.4 is 4.90 Å². The Morgan fingerprint density at radius 1 is 1.12 bits per heavy atom. The average molecular weight is 385 g/mol. The Kier molecular flexibility index (Phi) is 3.69. The predicted octanol–water partition coefficient (Wildman–Crippen LogP) is 4.40. The molecule has 2 atom stereocenters. The highest BCUT2D eigenvalue weighted by Crippen LogP contribution is 2.63. The highest BCUT2D eigenvalue weighted by atomic mass is 32.2. The third-order valence-electron chi connectivity index (χ3n) is 5.82. The van der Waals surface area contributed by atoms with Crippen molar-refractivity contribution in [1.29, 1.82) is 0 Å². The number of carbonyl (C=O) groups excluding carboxylic acids is 1. The van der Waals surface area contributed by atoms with E-state index < -0.39 is 0 Å². The zero-order valence-corrected chi connectivity index (χ0v) is 16.3. The molecule has 0 radical (unpaired) electrons. The van der Waals surface area contributed by atoms with E-state index in [1.54, 1.807) is 0 Å². The lowest BCUT2D eigenvalue weighted by atomic mass is 9.81. The first-order valence-corrected chi connectivity index (χ1v) is 10.5. The quantitative estimate of drug-likeness (QED) is 0.728. The molecule has 2 aromatic carbocycles. The van der Waals surface area contributed by atoms with Gasteiger partial charge in [-0.15, -0.1) is 23.5 Å². The minimum Gasteiger partial charge on any atom is -0.453 e. The molecular formula is C20H20N2O2S2. The summed E-state index contributed by atoms with van der Waals surface area (Å²) in [5.74, 6) is 0. The number of hydrogen-bond acceptors (Lipinski definition) is 5. The molecule has 5 rings (SSSR count). The molecule has 0 spiro atoms. The number of fused-ring (bicyclic) bond motifs is 4. The molecule has 0 saturated carbocycles. The first-order chi connectivity index (χ1) is 12.7. The fourth-order valence-electron chi connectivity index (χ4n) is 4.75. The van der Waals surface area contributed by atoms with Gasteiger partial charge in [0.05, 0.1) is 17.1 Å². The molecule has 0 aromatic heterocycles. The first-order valence-electron chi connectivity index (χ1n) is 8.76. The van der Waals surface area contributed by atoms with Crippen molar-refractivity contribution >= 4 is 35.3 Å². The first kappa shape index (κ1) is 16.4. The summed E-state index contributed by atoms with van der Waals surface area (Å²) >= 11 is 3.89. The average Bonchev–Trinajstić information content (AvgIpc) is 3.34. The number of benzene rings is 2. The number of carbonyl (C=O) groups is 1. The second kappa shape index (κ2) is 5.86. The Bertz CT molecular complexity index is 865. The van der Waals surface area contributed by atoms with Gasteiger partial charge in [0.2, 0.25) is 0 Å². The number of hydrogen-bond donors (Lipinski definition) is 0. The Morgan fingerprint density at radius 3 is 2.46 bits per heavy atom. The van der Waals surface area contributed by atoms with E-state index in [9.17, 15) is 4.79 Å². The Hall–Kier alpha value is -1.79. The molecule has 0 unspecified atom stereocenters. The maximum absolute atomic E-state index is 12.5. The van der Waals surface area contributed by atoms with Crippen LogP contribution in [0.2, 0.25) is 0 Å². The fraction of sp³-hybridized carbons (Fsp3) is 0.350. The minimum atomic E-state index is -0.234. The van der Waals surface area contributed by atoms with Crippen molar-refractivity contribution in [3.8, 4) is 0 Å². The Labute approximate surface area is 161 Å². The van der Waals surface area contributed by atoms with E-state index in [0.717, 1.165) is 13.0 Å². The van der Waals surface area contributed by atoms with Gasteiger partial charge in [-0.2, -0.15) is 0 Å². The number of anilines is 1.